The molecule has 22 heavy (non-hydrogen) atoms. The van der Waals surface area contributed by atoms with Crippen LogP contribution in [0, 0.1) is 0 Å². The number of primary amides is 1. The number of hydrogen-bond acceptors (Lipinski definition) is 4. The zero-order chi connectivity index (χ0) is 15.8. The van der Waals surface area contributed by atoms with Crippen molar-refractivity contribution in [3.05, 3.63) is 54.6 Å². The van der Waals surface area contributed by atoms with Crippen LogP contribution in [0.2, 0.25) is 0 Å². The Morgan fingerprint density at radius 1 is 1.05 bits per heavy atom. The molecule has 2 aromatic rings. The van der Waals surface area contributed by atoms with E-state index in [-0.39, 0.29) is 24.2 Å². The molecule has 2 aromatic carbocycles. The lowest BCUT2D eigenvalue weighted by atomic mass is 10.3. The topological polar surface area (TPSA) is 81.4 Å². The summed E-state index contributed by atoms with van der Waals surface area (Å²) in [6.07, 6.45) is 0. The Hall–Kier alpha value is -2.47. The SMILES string of the molecule is NC(=O)CSc1ccc(NC(=O)COc2ccccc2)cc1. The predicted octanol–water partition coefficient (Wildman–Crippen LogP) is 2.28. The minimum atomic E-state index is -0.361. The number of amides is 2. The molecule has 114 valence electrons. The van der Waals surface area contributed by atoms with Crippen molar-refractivity contribution in [3.63, 3.8) is 0 Å². The van der Waals surface area contributed by atoms with Crippen LogP contribution in [0.1, 0.15) is 0 Å². The molecule has 0 heterocycles. The summed E-state index contributed by atoms with van der Waals surface area (Å²) in [5.74, 6) is 0.286. The minimum absolute atomic E-state index is 0.0534. The second kappa shape index (κ2) is 8.09. The van der Waals surface area contributed by atoms with Gasteiger partial charge in [0.2, 0.25) is 5.91 Å². The van der Waals surface area contributed by atoms with E-state index in [2.05, 4.69) is 5.32 Å². The summed E-state index contributed by atoms with van der Waals surface area (Å²) in [5, 5.41) is 2.74. The summed E-state index contributed by atoms with van der Waals surface area (Å²) in [6, 6.07) is 16.3. The van der Waals surface area contributed by atoms with E-state index < -0.39 is 0 Å². The van der Waals surface area contributed by atoms with Crippen molar-refractivity contribution in [2.45, 2.75) is 4.90 Å². The minimum Gasteiger partial charge on any atom is -0.484 e. The first-order valence-electron chi connectivity index (χ1n) is 6.62. The van der Waals surface area contributed by atoms with Gasteiger partial charge in [-0.25, -0.2) is 0 Å². The van der Waals surface area contributed by atoms with E-state index in [1.807, 2.05) is 30.3 Å². The Bertz CT molecular complexity index is 630. The average Bonchev–Trinajstić information content (AvgIpc) is 2.53. The molecule has 0 saturated carbocycles. The molecule has 0 spiro atoms. The van der Waals surface area contributed by atoms with Gasteiger partial charge in [0, 0.05) is 10.6 Å². The van der Waals surface area contributed by atoms with Crippen molar-refractivity contribution in [1.82, 2.24) is 0 Å². The Labute approximate surface area is 132 Å². The molecule has 3 N–H and O–H groups in total. The van der Waals surface area contributed by atoms with Gasteiger partial charge in [-0.1, -0.05) is 18.2 Å². The van der Waals surface area contributed by atoms with E-state index in [1.165, 1.54) is 11.8 Å². The summed E-state index contributed by atoms with van der Waals surface area (Å²) in [4.78, 5) is 23.4. The molecule has 0 aliphatic carbocycles. The maximum absolute atomic E-state index is 11.8. The number of carbonyl (C=O) groups excluding carboxylic acids is 2. The summed E-state index contributed by atoms with van der Waals surface area (Å²) in [6.45, 7) is -0.0534. The van der Waals surface area contributed by atoms with Crippen molar-refractivity contribution in [2.24, 2.45) is 5.73 Å². The summed E-state index contributed by atoms with van der Waals surface area (Å²) in [7, 11) is 0. The van der Waals surface area contributed by atoms with Gasteiger partial charge in [-0.2, -0.15) is 0 Å². The molecule has 5 nitrogen and oxygen atoms in total. The maximum atomic E-state index is 11.8. The third-order valence-corrected chi connectivity index (χ3v) is 3.67. The number of thioether (sulfide) groups is 1. The monoisotopic (exact) mass is 316 g/mol. The molecule has 6 heteroatoms. The van der Waals surface area contributed by atoms with Gasteiger partial charge in [0.1, 0.15) is 5.75 Å². The van der Waals surface area contributed by atoms with Gasteiger partial charge < -0.3 is 15.8 Å². The molecule has 0 bridgehead atoms. The Morgan fingerprint density at radius 2 is 1.73 bits per heavy atom. The van der Waals surface area contributed by atoms with Crippen LogP contribution in [0.15, 0.2) is 59.5 Å². The fourth-order valence-electron chi connectivity index (χ4n) is 1.65. The Balaban J connectivity index is 1.80. The predicted molar refractivity (Wildman–Crippen MR) is 86.9 cm³/mol. The quantitative estimate of drug-likeness (QED) is 0.768. The zero-order valence-electron chi connectivity index (χ0n) is 11.8. The number of carbonyl (C=O) groups is 2. The standard InChI is InChI=1S/C16H16N2O3S/c17-15(19)11-22-14-8-6-12(7-9-14)18-16(20)10-21-13-4-2-1-3-5-13/h1-9H,10-11H2,(H2,17,19)(H,18,20). The molecule has 0 atom stereocenters. The number of anilines is 1. The summed E-state index contributed by atoms with van der Waals surface area (Å²) in [5.41, 5.74) is 5.76. The number of para-hydroxylation sites is 1. The van der Waals surface area contributed by atoms with Crippen LogP contribution in [0.3, 0.4) is 0 Å². The van der Waals surface area contributed by atoms with Gasteiger partial charge in [0.25, 0.3) is 5.91 Å². The highest BCUT2D eigenvalue weighted by Crippen LogP contribution is 2.20. The second-order valence-corrected chi connectivity index (χ2v) is 5.48. The highest BCUT2D eigenvalue weighted by molar-refractivity contribution is 8.00. The van der Waals surface area contributed by atoms with Crippen LogP contribution in [-0.2, 0) is 9.59 Å². The normalized spacial score (nSPS) is 10.0. The molecule has 0 saturated heterocycles. The van der Waals surface area contributed by atoms with E-state index in [0.717, 1.165) is 4.90 Å². The van der Waals surface area contributed by atoms with Gasteiger partial charge in [0.15, 0.2) is 6.61 Å². The van der Waals surface area contributed by atoms with Gasteiger partial charge >= 0.3 is 0 Å². The molecule has 0 aliphatic heterocycles. The molecule has 2 rings (SSSR count). The first-order valence-corrected chi connectivity index (χ1v) is 7.61. The van der Waals surface area contributed by atoms with E-state index >= 15 is 0 Å². The van der Waals surface area contributed by atoms with Crippen molar-refractivity contribution in [1.29, 1.82) is 0 Å². The van der Waals surface area contributed by atoms with Crippen molar-refractivity contribution < 1.29 is 14.3 Å². The lowest BCUT2D eigenvalue weighted by Gasteiger charge is -2.08. The van der Waals surface area contributed by atoms with Crippen LogP contribution in [0.4, 0.5) is 5.69 Å². The van der Waals surface area contributed by atoms with Gasteiger partial charge in [-0.15, -0.1) is 11.8 Å². The van der Waals surface area contributed by atoms with Gasteiger partial charge in [-0.05, 0) is 36.4 Å². The number of ether oxygens (including phenoxy) is 1. The second-order valence-electron chi connectivity index (χ2n) is 4.43. The van der Waals surface area contributed by atoms with E-state index in [9.17, 15) is 9.59 Å². The lowest BCUT2D eigenvalue weighted by molar-refractivity contribution is -0.118. The molecule has 2 amide bonds. The molecule has 0 aliphatic rings. The molecular weight excluding hydrogens is 300 g/mol. The molecule has 0 radical (unpaired) electrons. The van der Waals surface area contributed by atoms with Crippen LogP contribution in [0.25, 0.3) is 0 Å². The lowest BCUT2D eigenvalue weighted by Crippen LogP contribution is -2.20. The number of nitrogens with one attached hydrogen (secondary N) is 1. The third kappa shape index (κ3) is 5.49. The highest BCUT2D eigenvalue weighted by Gasteiger charge is 2.04. The van der Waals surface area contributed by atoms with E-state index in [1.54, 1.807) is 24.3 Å². The summed E-state index contributed by atoms with van der Waals surface area (Å²) >= 11 is 1.35. The highest BCUT2D eigenvalue weighted by atomic mass is 32.2. The number of rotatable bonds is 7. The zero-order valence-corrected chi connectivity index (χ0v) is 12.6. The summed E-state index contributed by atoms with van der Waals surface area (Å²) < 4.78 is 5.36. The van der Waals surface area contributed by atoms with Gasteiger partial charge in [0.05, 0.1) is 5.75 Å². The molecular formula is C16H16N2O3S. The number of nitrogens with two attached hydrogens (primary N) is 1. The molecule has 0 unspecified atom stereocenters. The largest absolute Gasteiger partial charge is 0.484 e. The first kappa shape index (κ1) is 15.9. The number of benzene rings is 2. The van der Waals surface area contributed by atoms with Crippen LogP contribution in [-0.4, -0.2) is 24.2 Å². The molecule has 0 fully saturated rings. The van der Waals surface area contributed by atoms with E-state index in [0.29, 0.717) is 11.4 Å². The Morgan fingerprint density at radius 3 is 2.36 bits per heavy atom. The van der Waals surface area contributed by atoms with Crippen molar-refractivity contribution >= 4 is 29.3 Å². The first-order chi connectivity index (χ1) is 10.6. The molecule has 0 aromatic heterocycles. The van der Waals surface area contributed by atoms with Crippen LogP contribution in [0.5, 0.6) is 5.75 Å². The van der Waals surface area contributed by atoms with Crippen molar-refractivity contribution in [3.8, 4) is 5.75 Å². The maximum Gasteiger partial charge on any atom is 0.262 e. The third-order valence-electron chi connectivity index (χ3n) is 2.63. The Kier molecular flexibility index (Phi) is 5.85. The van der Waals surface area contributed by atoms with Gasteiger partial charge in [-0.3, -0.25) is 9.59 Å². The number of hydrogen-bond donors (Lipinski definition) is 2. The van der Waals surface area contributed by atoms with E-state index in [4.69, 9.17) is 10.5 Å². The fraction of sp³-hybridized carbons (Fsp3) is 0.125. The van der Waals surface area contributed by atoms with Crippen LogP contribution < -0.4 is 15.8 Å². The van der Waals surface area contributed by atoms with Crippen molar-refractivity contribution in [2.75, 3.05) is 17.7 Å². The average molecular weight is 316 g/mol. The fourth-order valence-corrected chi connectivity index (χ4v) is 2.29. The smallest absolute Gasteiger partial charge is 0.262 e. The van der Waals surface area contributed by atoms with Crippen LogP contribution >= 0.6 is 11.8 Å².